The zero-order valence-corrected chi connectivity index (χ0v) is 25.7. The average molecular weight is 604 g/mol. The molecule has 2 fully saturated rings. The number of morpholine rings is 1. The molecule has 0 radical (unpaired) electrons. The van der Waals surface area contributed by atoms with Crippen molar-refractivity contribution in [3.63, 3.8) is 0 Å². The molecule has 3 heterocycles. The second-order valence-corrected chi connectivity index (χ2v) is 12.2. The van der Waals surface area contributed by atoms with Crippen LogP contribution in [0.25, 0.3) is 6.08 Å². The molecule has 238 valence electrons. The number of esters is 1. The minimum absolute atomic E-state index is 0.105. The van der Waals surface area contributed by atoms with E-state index in [1.54, 1.807) is 30.1 Å². The molecule has 2 saturated heterocycles. The second-order valence-electron chi connectivity index (χ2n) is 12.2. The van der Waals surface area contributed by atoms with Crippen molar-refractivity contribution in [1.82, 2.24) is 9.80 Å². The lowest BCUT2D eigenvalue weighted by Gasteiger charge is -2.36. The highest BCUT2D eigenvalue weighted by Crippen LogP contribution is 2.29. The highest BCUT2D eigenvalue weighted by molar-refractivity contribution is 5.71. The fourth-order valence-corrected chi connectivity index (χ4v) is 5.65. The first-order valence-electron chi connectivity index (χ1n) is 15.1. The van der Waals surface area contributed by atoms with Crippen molar-refractivity contribution in [3.8, 4) is 0 Å². The number of carbonyl (C=O) groups is 2. The number of anilines is 1. The van der Waals surface area contributed by atoms with Crippen LogP contribution < -0.4 is 4.90 Å². The number of nitrogens with zero attached hydrogens (tertiary/aromatic N) is 3. The smallest absolute Gasteiger partial charge is 0.410 e. The Morgan fingerprint density at radius 3 is 2.51 bits per heavy atom. The van der Waals surface area contributed by atoms with Crippen molar-refractivity contribution >= 4 is 23.8 Å². The van der Waals surface area contributed by atoms with Crippen molar-refractivity contribution in [2.75, 3.05) is 64.4 Å². The maximum Gasteiger partial charge on any atom is 0.410 e. The van der Waals surface area contributed by atoms with Crippen LogP contribution in [0, 0.1) is 11.7 Å². The molecule has 0 unspecified atom stereocenters. The number of likely N-dealkylation sites (N-methyl/N-ethyl adjacent to an activating group) is 1. The number of hydrogen-bond donors (Lipinski definition) is 2. The van der Waals surface area contributed by atoms with Gasteiger partial charge in [-0.2, -0.15) is 0 Å². The Morgan fingerprint density at radius 2 is 1.81 bits per heavy atom. The van der Waals surface area contributed by atoms with Gasteiger partial charge in [0.2, 0.25) is 0 Å². The summed E-state index contributed by atoms with van der Waals surface area (Å²) in [6.07, 6.45) is 1.88. The van der Waals surface area contributed by atoms with E-state index in [9.17, 15) is 24.2 Å². The van der Waals surface area contributed by atoms with Gasteiger partial charge in [0.25, 0.3) is 0 Å². The van der Waals surface area contributed by atoms with E-state index in [1.807, 2.05) is 27.0 Å². The quantitative estimate of drug-likeness (QED) is 0.396. The van der Waals surface area contributed by atoms with Crippen molar-refractivity contribution < 1.29 is 38.4 Å². The van der Waals surface area contributed by atoms with E-state index in [1.165, 1.54) is 12.1 Å². The molecule has 4 rings (SSSR count). The number of ether oxygens (including phenoxy) is 3. The molecular weight excluding hydrogens is 557 g/mol. The summed E-state index contributed by atoms with van der Waals surface area (Å²) in [4.78, 5) is 31.7. The fourth-order valence-electron chi connectivity index (χ4n) is 5.65. The molecule has 0 aromatic heterocycles. The Labute approximate surface area is 253 Å². The molecule has 3 aliphatic heterocycles. The summed E-state index contributed by atoms with van der Waals surface area (Å²) in [5.74, 6) is -1.34. The van der Waals surface area contributed by atoms with E-state index in [4.69, 9.17) is 14.2 Å². The third kappa shape index (κ3) is 9.25. The van der Waals surface area contributed by atoms with Crippen molar-refractivity contribution in [1.29, 1.82) is 0 Å². The molecule has 43 heavy (non-hydrogen) atoms. The summed E-state index contributed by atoms with van der Waals surface area (Å²) in [5, 5.41) is 21.9. The van der Waals surface area contributed by atoms with Gasteiger partial charge in [0.1, 0.15) is 17.5 Å². The first kappa shape index (κ1) is 32.9. The zero-order chi connectivity index (χ0) is 31.1. The number of hydrogen-bond acceptors (Lipinski definition) is 9. The molecule has 11 heteroatoms. The van der Waals surface area contributed by atoms with Gasteiger partial charge < -0.3 is 39.1 Å². The van der Waals surface area contributed by atoms with Crippen molar-refractivity contribution in [2.45, 2.75) is 63.9 Å². The molecule has 10 nitrogen and oxygen atoms in total. The lowest BCUT2D eigenvalue weighted by molar-refractivity contribution is -0.151. The number of amides is 1. The first-order chi connectivity index (χ1) is 20.4. The van der Waals surface area contributed by atoms with Crippen LogP contribution in [0.3, 0.4) is 0 Å². The van der Waals surface area contributed by atoms with Gasteiger partial charge in [-0.05, 0) is 69.1 Å². The highest BCUT2D eigenvalue weighted by Gasteiger charge is 2.36. The van der Waals surface area contributed by atoms with Gasteiger partial charge >= 0.3 is 12.1 Å². The number of piperazine rings is 1. The van der Waals surface area contributed by atoms with Gasteiger partial charge in [0.05, 0.1) is 25.7 Å². The summed E-state index contributed by atoms with van der Waals surface area (Å²) in [6.45, 7) is 10.2. The predicted molar refractivity (Wildman–Crippen MR) is 161 cm³/mol. The van der Waals surface area contributed by atoms with E-state index < -0.39 is 41.9 Å². The van der Waals surface area contributed by atoms with Crippen LogP contribution in [0.2, 0.25) is 0 Å². The molecule has 2 N–H and O–H groups in total. The monoisotopic (exact) mass is 603 g/mol. The van der Waals surface area contributed by atoms with E-state index in [-0.39, 0.29) is 25.1 Å². The Bertz CT molecular complexity index is 1180. The van der Waals surface area contributed by atoms with Crippen LogP contribution in [-0.4, -0.2) is 116 Å². The van der Waals surface area contributed by atoms with E-state index in [0.29, 0.717) is 50.5 Å². The number of aliphatic hydroxyl groups is 2. The summed E-state index contributed by atoms with van der Waals surface area (Å²) in [5.41, 5.74) is 0.564. The van der Waals surface area contributed by atoms with Gasteiger partial charge in [0, 0.05) is 50.9 Å². The van der Waals surface area contributed by atoms with Gasteiger partial charge in [-0.25, -0.2) is 9.18 Å². The topological polar surface area (TPSA) is 112 Å². The number of cyclic esters (lactones) is 1. The van der Waals surface area contributed by atoms with Crippen LogP contribution in [0.1, 0.15) is 45.6 Å². The van der Waals surface area contributed by atoms with Crippen LogP contribution >= 0.6 is 0 Å². The molecule has 5 atom stereocenters. The summed E-state index contributed by atoms with van der Waals surface area (Å²) in [6, 6.07) is 4.82. The number of aliphatic hydroxyl groups excluding tert-OH is 1. The molecule has 0 aliphatic carbocycles. The molecule has 1 aromatic rings. The number of benzene rings is 1. The van der Waals surface area contributed by atoms with Crippen molar-refractivity contribution in [3.05, 3.63) is 47.3 Å². The summed E-state index contributed by atoms with van der Waals surface area (Å²) >= 11 is 0. The average Bonchev–Trinajstić information content (AvgIpc) is 2.96. The molecule has 0 saturated carbocycles. The third-order valence-electron chi connectivity index (χ3n) is 8.44. The largest absolute Gasteiger partial charge is 0.457 e. The zero-order valence-electron chi connectivity index (χ0n) is 25.7. The normalized spacial score (nSPS) is 31.0. The van der Waals surface area contributed by atoms with E-state index >= 15 is 0 Å². The summed E-state index contributed by atoms with van der Waals surface area (Å²) in [7, 11) is 1.99. The van der Waals surface area contributed by atoms with E-state index in [2.05, 4.69) is 9.80 Å². The van der Waals surface area contributed by atoms with Gasteiger partial charge in [-0.1, -0.05) is 19.1 Å². The second kappa shape index (κ2) is 14.7. The molecule has 1 amide bonds. The maximum absolute atomic E-state index is 14.6. The summed E-state index contributed by atoms with van der Waals surface area (Å²) < 4.78 is 31.8. The molecule has 3 aliphatic rings. The van der Waals surface area contributed by atoms with E-state index in [0.717, 1.165) is 18.8 Å². The van der Waals surface area contributed by atoms with Crippen LogP contribution in [0.15, 0.2) is 35.9 Å². The predicted octanol–water partition coefficient (Wildman–Crippen LogP) is 3.22. The number of rotatable bonds is 4. The van der Waals surface area contributed by atoms with Crippen LogP contribution in [0.5, 0.6) is 0 Å². The van der Waals surface area contributed by atoms with Gasteiger partial charge in [-0.15, -0.1) is 0 Å². The standard InChI is InChI=1S/C32H46FN3O7/c1-22-5-6-28(42-31(39)36-11-9-34(4)10-12-36)32(3,40)8-7-27(37)21-29(38)43-30(22)23(2)17-24-18-25(33)20-26(19-24)35-13-15-41-16-14-35/h5-6,17-20,22,27-28,30,37,40H,7-16,21H2,1-4H3/b6-5+,23-17+/t22-,27+,28+,30-,32+/m0/s1. The lowest BCUT2D eigenvalue weighted by atomic mass is 9.88. The van der Waals surface area contributed by atoms with Crippen LogP contribution in [0.4, 0.5) is 14.9 Å². The third-order valence-corrected chi connectivity index (χ3v) is 8.44. The fraction of sp³-hybridized carbons (Fsp3) is 0.625. The molecule has 1 aromatic carbocycles. The lowest BCUT2D eigenvalue weighted by Crippen LogP contribution is -2.50. The Kier molecular flexibility index (Phi) is 11.2. The Balaban J connectivity index is 1.59. The molecular formula is C32H46FN3O7. The number of carbonyl (C=O) groups excluding carboxylic acids is 2. The minimum atomic E-state index is -1.49. The van der Waals surface area contributed by atoms with Crippen LogP contribution in [-0.2, 0) is 19.0 Å². The maximum atomic E-state index is 14.6. The Morgan fingerprint density at radius 1 is 1.12 bits per heavy atom. The van der Waals surface area contributed by atoms with Crippen molar-refractivity contribution in [2.24, 2.45) is 5.92 Å². The Hall–Kier alpha value is -2.99. The molecule has 0 bridgehead atoms. The number of halogens is 1. The SMILES string of the molecule is C/C(=C\c1cc(F)cc(N2CCOCC2)c1)[C@H]1OC(=O)C[C@H](O)CC[C@@](C)(O)[C@H](OC(=O)N2CCN(C)CC2)/C=C/[C@@H]1C. The van der Waals surface area contributed by atoms with Gasteiger partial charge in [0.15, 0.2) is 6.10 Å². The molecule has 0 spiro atoms. The minimum Gasteiger partial charge on any atom is -0.457 e. The first-order valence-corrected chi connectivity index (χ1v) is 15.1. The van der Waals surface area contributed by atoms with Gasteiger partial charge in [-0.3, -0.25) is 4.79 Å². The highest BCUT2D eigenvalue weighted by atomic mass is 19.1.